The first kappa shape index (κ1) is 18.2. The van der Waals surface area contributed by atoms with E-state index in [1.54, 1.807) is 7.11 Å². The first-order valence-electron chi connectivity index (χ1n) is 9.13. The van der Waals surface area contributed by atoms with Gasteiger partial charge in [0.2, 0.25) is 5.91 Å². The number of nitrogens with zero attached hydrogens (tertiary/aromatic N) is 1. The fourth-order valence-corrected chi connectivity index (χ4v) is 3.20. The van der Waals surface area contributed by atoms with Gasteiger partial charge < -0.3 is 10.1 Å². The van der Waals surface area contributed by atoms with E-state index in [4.69, 9.17) is 4.74 Å². The molecule has 0 saturated carbocycles. The van der Waals surface area contributed by atoms with Gasteiger partial charge in [-0.1, -0.05) is 42.5 Å². The number of carbonyl (C=O) groups excluding carboxylic acids is 1. The van der Waals surface area contributed by atoms with Crippen LogP contribution in [0.15, 0.2) is 60.7 Å². The van der Waals surface area contributed by atoms with Gasteiger partial charge in [-0.2, -0.15) is 0 Å². The molecule has 0 aliphatic carbocycles. The maximum Gasteiger partial charge on any atom is 0.227 e. The number of benzene rings is 2. The second-order valence-corrected chi connectivity index (χ2v) is 6.61. The number of hydrogen-bond donors (Lipinski definition) is 1. The topological polar surface area (TPSA) is 41.6 Å². The van der Waals surface area contributed by atoms with Crippen LogP contribution >= 0.6 is 0 Å². The number of carbonyl (C=O) groups is 1. The Hall–Kier alpha value is -2.59. The molecule has 2 aromatic carbocycles. The summed E-state index contributed by atoms with van der Waals surface area (Å²) in [5, 5.41) is 3.02. The summed E-state index contributed by atoms with van der Waals surface area (Å²) >= 11 is 0. The highest BCUT2D eigenvalue weighted by Crippen LogP contribution is 2.21. The Morgan fingerprint density at radius 3 is 2.46 bits per heavy atom. The average molecular weight is 350 g/mol. The van der Waals surface area contributed by atoms with Gasteiger partial charge in [-0.05, 0) is 55.8 Å². The number of piperidine rings is 1. The lowest BCUT2D eigenvalue weighted by atomic mass is 9.96. The Kier molecular flexibility index (Phi) is 6.45. The van der Waals surface area contributed by atoms with Crippen molar-refractivity contribution in [1.82, 2.24) is 4.90 Å². The van der Waals surface area contributed by atoms with Crippen molar-refractivity contribution in [3.63, 3.8) is 0 Å². The molecule has 1 aliphatic heterocycles. The van der Waals surface area contributed by atoms with E-state index >= 15 is 0 Å². The third kappa shape index (κ3) is 5.20. The summed E-state index contributed by atoms with van der Waals surface area (Å²) in [4.78, 5) is 14.9. The Labute approximate surface area is 155 Å². The summed E-state index contributed by atoms with van der Waals surface area (Å²) in [6.45, 7) is 2.85. The molecule has 0 aromatic heterocycles. The first-order chi connectivity index (χ1) is 12.7. The van der Waals surface area contributed by atoms with E-state index in [1.165, 1.54) is 5.56 Å². The molecule has 0 unspecified atom stereocenters. The summed E-state index contributed by atoms with van der Waals surface area (Å²) < 4.78 is 5.14. The highest BCUT2D eigenvalue weighted by atomic mass is 16.5. The molecule has 1 N–H and O–H groups in total. The van der Waals surface area contributed by atoms with Crippen molar-refractivity contribution in [2.24, 2.45) is 5.92 Å². The molecule has 26 heavy (non-hydrogen) atoms. The van der Waals surface area contributed by atoms with Gasteiger partial charge in [-0.25, -0.2) is 0 Å². The molecule has 0 spiro atoms. The van der Waals surface area contributed by atoms with E-state index < -0.39 is 0 Å². The fourth-order valence-electron chi connectivity index (χ4n) is 3.20. The number of amides is 1. The summed E-state index contributed by atoms with van der Waals surface area (Å²) in [7, 11) is 1.64. The van der Waals surface area contributed by atoms with Crippen LogP contribution in [-0.2, 0) is 4.79 Å². The third-order valence-corrected chi connectivity index (χ3v) is 4.79. The molecule has 1 aliphatic rings. The normalized spacial score (nSPS) is 15.9. The molecule has 0 atom stereocenters. The van der Waals surface area contributed by atoms with Crippen LogP contribution in [0.1, 0.15) is 18.4 Å². The number of methoxy groups -OCH3 is 1. The van der Waals surface area contributed by atoms with Crippen LogP contribution in [0.25, 0.3) is 6.08 Å². The van der Waals surface area contributed by atoms with Crippen LogP contribution < -0.4 is 10.1 Å². The first-order valence-corrected chi connectivity index (χ1v) is 9.13. The van der Waals surface area contributed by atoms with E-state index in [1.807, 2.05) is 42.5 Å². The molecule has 0 radical (unpaired) electrons. The Morgan fingerprint density at radius 1 is 1.12 bits per heavy atom. The molecule has 2 aromatic rings. The molecule has 0 bridgehead atoms. The number of likely N-dealkylation sites (tertiary alicyclic amines) is 1. The predicted molar refractivity (Wildman–Crippen MR) is 106 cm³/mol. The maximum absolute atomic E-state index is 12.5. The number of nitrogens with one attached hydrogen (secondary N) is 1. The lowest BCUT2D eigenvalue weighted by Crippen LogP contribution is -2.38. The van der Waals surface area contributed by atoms with E-state index in [0.717, 1.165) is 43.9 Å². The van der Waals surface area contributed by atoms with Gasteiger partial charge in [0.1, 0.15) is 5.75 Å². The van der Waals surface area contributed by atoms with Crippen LogP contribution in [0.4, 0.5) is 5.69 Å². The average Bonchev–Trinajstić information content (AvgIpc) is 2.70. The maximum atomic E-state index is 12.5. The minimum absolute atomic E-state index is 0.0893. The molecule has 1 fully saturated rings. The number of anilines is 1. The van der Waals surface area contributed by atoms with Crippen LogP contribution in [0.2, 0.25) is 0 Å². The lowest BCUT2D eigenvalue weighted by Gasteiger charge is -2.30. The lowest BCUT2D eigenvalue weighted by molar-refractivity contribution is -0.121. The molecule has 136 valence electrons. The smallest absolute Gasteiger partial charge is 0.227 e. The molecule has 1 saturated heterocycles. The molecule has 3 rings (SSSR count). The van der Waals surface area contributed by atoms with Crippen LogP contribution in [0.5, 0.6) is 5.75 Å². The number of ether oxygens (including phenoxy) is 1. The Bertz CT molecular complexity index is 718. The zero-order valence-corrected chi connectivity index (χ0v) is 15.2. The summed E-state index contributed by atoms with van der Waals surface area (Å²) in [6, 6.07) is 17.8. The monoisotopic (exact) mass is 350 g/mol. The fraction of sp³-hybridized carbons (Fsp3) is 0.318. The van der Waals surface area contributed by atoms with Crippen molar-refractivity contribution in [3.05, 3.63) is 66.2 Å². The number of hydrogen-bond acceptors (Lipinski definition) is 3. The van der Waals surface area contributed by atoms with Crippen molar-refractivity contribution in [2.45, 2.75) is 12.8 Å². The van der Waals surface area contributed by atoms with E-state index in [0.29, 0.717) is 0 Å². The summed E-state index contributed by atoms with van der Waals surface area (Å²) in [5.41, 5.74) is 2.05. The van der Waals surface area contributed by atoms with Gasteiger partial charge in [0.25, 0.3) is 0 Å². The van der Waals surface area contributed by atoms with Gasteiger partial charge in [-0.3, -0.25) is 9.69 Å². The predicted octanol–water partition coefficient (Wildman–Crippen LogP) is 4.06. The second kappa shape index (κ2) is 9.20. The zero-order valence-electron chi connectivity index (χ0n) is 15.2. The van der Waals surface area contributed by atoms with Crippen LogP contribution in [0.3, 0.4) is 0 Å². The Morgan fingerprint density at radius 2 is 1.81 bits per heavy atom. The summed E-state index contributed by atoms with van der Waals surface area (Å²) in [5.74, 6) is 1.00. The van der Waals surface area contributed by atoms with Crippen LogP contribution in [-0.4, -0.2) is 37.6 Å². The minimum atomic E-state index is 0.0893. The highest BCUT2D eigenvalue weighted by Gasteiger charge is 2.24. The van der Waals surface area contributed by atoms with Gasteiger partial charge in [0.05, 0.1) is 7.11 Å². The van der Waals surface area contributed by atoms with E-state index in [2.05, 4.69) is 34.5 Å². The number of rotatable bonds is 6. The van der Waals surface area contributed by atoms with Crippen molar-refractivity contribution < 1.29 is 9.53 Å². The van der Waals surface area contributed by atoms with Crippen molar-refractivity contribution in [1.29, 1.82) is 0 Å². The minimum Gasteiger partial charge on any atom is -0.497 e. The standard InChI is InChI=1S/C22H26N2O2/c1-26-21-11-9-20(10-12-21)23-22(25)19-13-16-24(17-14-19)15-5-8-18-6-3-2-4-7-18/h2-12,19H,13-17H2,1H3,(H,23,25)/b8-5+. The van der Waals surface area contributed by atoms with Crippen molar-refractivity contribution in [2.75, 3.05) is 32.1 Å². The van der Waals surface area contributed by atoms with Gasteiger partial charge >= 0.3 is 0 Å². The molecule has 1 amide bonds. The molecule has 1 heterocycles. The van der Waals surface area contributed by atoms with E-state index in [9.17, 15) is 4.79 Å². The van der Waals surface area contributed by atoms with Gasteiger partial charge in [0, 0.05) is 18.2 Å². The quantitative estimate of drug-likeness (QED) is 0.854. The highest BCUT2D eigenvalue weighted by molar-refractivity contribution is 5.92. The van der Waals surface area contributed by atoms with Crippen molar-refractivity contribution >= 4 is 17.7 Å². The summed E-state index contributed by atoms with van der Waals surface area (Å²) in [6.07, 6.45) is 6.16. The molecule has 4 heteroatoms. The Balaban J connectivity index is 1.42. The molecular formula is C22H26N2O2. The van der Waals surface area contributed by atoms with Gasteiger partial charge in [-0.15, -0.1) is 0 Å². The van der Waals surface area contributed by atoms with E-state index in [-0.39, 0.29) is 11.8 Å². The van der Waals surface area contributed by atoms with Gasteiger partial charge in [0.15, 0.2) is 0 Å². The largest absolute Gasteiger partial charge is 0.497 e. The molecule has 4 nitrogen and oxygen atoms in total. The zero-order chi connectivity index (χ0) is 18.2. The van der Waals surface area contributed by atoms with Crippen LogP contribution in [0, 0.1) is 5.92 Å². The third-order valence-electron chi connectivity index (χ3n) is 4.79. The van der Waals surface area contributed by atoms with Crippen molar-refractivity contribution in [3.8, 4) is 5.75 Å². The molecular weight excluding hydrogens is 324 g/mol. The second-order valence-electron chi connectivity index (χ2n) is 6.61. The SMILES string of the molecule is COc1ccc(NC(=O)C2CCN(C/C=C/c3ccccc3)CC2)cc1.